The van der Waals surface area contributed by atoms with Gasteiger partial charge in [0.15, 0.2) is 0 Å². The maximum Gasteiger partial charge on any atom is 0.255 e. The van der Waals surface area contributed by atoms with E-state index in [-0.39, 0.29) is 16.9 Å². The highest BCUT2D eigenvalue weighted by Gasteiger charge is 2.26. The zero-order chi connectivity index (χ0) is 24.4. The molecule has 2 N–H and O–H groups in total. The van der Waals surface area contributed by atoms with E-state index < -0.39 is 10.0 Å². The van der Waals surface area contributed by atoms with Crippen LogP contribution in [0.5, 0.6) is 0 Å². The molecule has 1 aliphatic heterocycles. The van der Waals surface area contributed by atoms with Crippen molar-refractivity contribution in [3.05, 3.63) is 78.4 Å². The van der Waals surface area contributed by atoms with Crippen molar-refractivity contribution < 1.29 is 17.9 Å². The summed E-state index contributed by atoms with van der Waals surface area (Å²) < 4.78 is 32.7. The number of amides is 1. The number of hydrogen-bond acceptors (Lipinski definition) is 5. The molecule has 1 amide bonds. The molecule has 1 aromatic heterocycles. The number of likely N-dealkylation sites (N-methyl/N-ethyl adjacent to an activating group) is 1. The van der Waals surface area contributed by atoms with Crippen LogP contribution < -0.4 is 5.32 Å². The molecule has 0 aliphatic carbocycles. The lowest BCUT2D eigenvalue weighted by Gasteiger charge is -2.20. The molecule has 3 aromatic carbocycles. The number of hydrogen-bond donors (Lipinski definition) is 2. The number of rotatable bonds is 7. The van der Waals surface area contributed by atoms with Gasteiger partial charge in [0.05, 0.1) is 27.7 Å². The number of carbonyl (C=O) groups is 1. The van der Waals surface area contributed by atoms with Crippen LogP contribution in [0.3, 0.4) is 0 Å². The van der Waals surface area contributed by atoms with Gasteiger partial charge in [0, 0.05) is 31.3 Å². The zero-order valence-corrected chi connectivity index (χ0v) is 20.1. The number of H-pyrrole nitrogens is 1. The van der Waals surface area contributed by atoms with Crippen LogP contribution in [0.15, 0.2) is 77.7 Å². The molecule has 4 aromatic rings. The van der Waals surface area contributed by atoms with E-state index in [4.69, 9.17) is 4.74 Å². The van der Waals surface area contributed by atoms with Crippen LogP contribution in [0.4, 0.5) is 5.69 Å². The second-order valence-electron chi connectivity index (χ2n) is 8.55. The van der Waals surface area contributed by atoms with Gasteiger partial charge in [0.2, 0.25) is 10.0 Å². The summed E-state index contributed by atoms with van der Waals surface area (Å²) in [6.45, 7) is 0.977. The maximum atomic E-state index is 13.0. The Morgan fingerprint density at radius 2 is 1.83 bits per heavy atom. The molecule has 35 heavy (non-hydrogen) atoms. The standard InChI is InChI=1S/C26H26N4O4S/c1-30(17-19-7-6-16-34-19)35(32,33)20-14-12-18(13-15-20)26(31)29-22-9-3-2-8-21(22)25-27-23-10-4-5-11-24(23)28-25/h2-5,8-15,19H,6-7,16-17H2,1H3,(H,27,28)(H,29,31). The first-order valence-corrected chi connectivity index (χ1v) is 12.9. The highest BCUT2D eigenvalue weighted by atomic mass is 32.2. The molecule has 1 unspecified atom stereocenters. The molecule has 0 saturated carbocycles. The van der Waals surface area contributed by atoms with Gasteiger partial charge in [-0.25, -0.2) is 13.4 Å². The van der Waals surface area contributed by atoms with Crippen molar-refractivity contribution in [3.8, 4) is 11.4 Å². The molecule has 1 aliphatic rings. The third-order valence-electron chi connectivity index (χ3n) is 6.13. The molecule has 180 valence electrons. The monoisotopic (exact) mass is 490 g/mol. The number of para-hydroxylation sites is 3. The van der Waals surface area contributed by atoms with E-state index >= 15 is 0 Å². The average molecular weight is 491 g/mol. The number of aromatic amines is 1. The summed E-state index contributed by atoms with van der Waals surface area (Å²) in [5.41, 5.74) is 3.46. The lowest BCUT2D eigenvalue weighted by molar-refractivity contribution is 0.0979. The van der Waals surface area contributed by atoms with Crippen molar-refractivity contribution in [1.29, 1.82) is 0 Å². The van der Waals surface area contributed by atoms with Gasteiger partial charge in [-0.15, -0.1) is 0 Å². The summed E-state index contributed by atoms with van der Waals surface area (Å²) in [4.78, 5) is 21.0. The fraction of sp³-hybridized carbons (Fsp3) is 0.231. The Bertz CT molecular complexity index is 1430. The third kappa shape index (κ3) is 4.84. The van der Waals surface area contributed by atoms with Crippen molar-refractivity contribution in [2.45, 2.75) is 23.8 Å². The molecule has 0 spiro atoms. The number of fused-ring (bicyclic) bond motifs is 1. The first-order chi connectivity index (χ1) is 16.9. The van der Waals surface area contributed by atoms with Crippen molar-refractivity contribution in [2.24, 2.45) is 0 Å². The molecule has 1 atom stereocenters. The minimum atomic E-state index is -3.67. The van der Waals surface area contributed by atoms with Crippen LogP contribution in [0.25, 0.3) is 22.4 Å². The van der Waals surface area contributed by atoms with Gasteiger partial charge in [-0.05, 0) is 61.4 Å². The van der Waals surface area contributed by atoms with Gasteiger partial charge in [-0.1, -0.05) is 24.3 Å². The van der Waals surface area contributed by atoms with Gasteiger partial charge < -0.3 is 15.0 Å². The van der Waals surface area contributed by atoms with Crippen LogP contribution in [-0.4, -0.2) is 54.9 Å². The number of imidazole rings is 1. The second kappa shape index (κ2) is 9.61. The Morgan fingerprint density at radius 3 is 2.57 bits per heavy atom. The minimum absolute atomic E-state index is 0.0772. The zero-order valence-electron chi connectivity index (χ0n) is 19.3. The Labute approximate surface area is 204 Å². The number of nitrogens with zero attached hydrogens (tertiary/aromatic N) is 2. The van der Waals surface area contributed by atoms with Gasteiger partial charge in [-0.3, -0.25) is 4.79 Å². The Balaban J connectivity index is 1.33. The van der Waals surface area contributed by atoms with Crippen LogP contribution in [0.1, 0.15) is 23.2 Å². The number of carbonyl (C=O) groups excluding carboxylic acids is 1. The highest BCUT2D eigenvalue weighted by Crippen LogP contribution is 2.28. The van der Waals surface area contributed by atoms with E-state index in [1.807, 2.05) is 42.5 Å². The molecule has 2 heterocycles. The summed E-state index contributed by atoms with van der Waals surface area (Å²) in [5.74, 6) is 0.308. The molecular formula is C26H26N4O4S. The Morgan fingerprint density at radius 1 is 1.09 bits per heavy atom. The van der Waals surface area contributed by atoms with E-state index in [9.17, 15) is 13.2 Å². The van der Waals surface area contributed by atoms with Crippen molar-refractivity contribution in [2.75, 3.05) is 25.5 Å². The molecule has 5 rings (SSSR count). The first-order valence-electron chi connectivity index (χ1n) is 11.5. The fourth-order valence-corrected chi connectivity index (χ4v) is 5.41. The van der Waals surface area contributed by atoms with Crippen molar-refractivity contribution >= 4 is 32.7 Å². The lowest BCUT2D eigenvalue weighted by Crippen LogP contribution is -2.34. The number of aromatic nitrogens is 2. The van der Waals surface area contributed by atoms with Crippen LogP contribution >= 0.6 is 0 Å². The lowest BCUT2D eigenvalue weighted by atomic mass is 10.1. The van der Waals surface area contributed by atoms with Crippen LogP contribution in [0, 0.1) is 0 Å². The van der Waals surface area contributed by atoms with Gasteiger partial charge >= 0.3 is 0 Å². The van der Waals surface area contributed by atoms with Gasteiger partial charge in [0.25, 0.3) is 5.91 Å². The predicted octanol–water partition coefficient (Wildman–Crippen LogP) is 4.28. The molecule has 1 fully saturated rings. The maximum absolute atomic E-state index is 13.0. The van der Waals surface area contributed by atoms with Gasteiger partial charge in [-0.2, -0.15) is 4.31 Å². The normalized spacial score (nSPS) is 16.1. The number of sulfonamides is 1. The summed E-state index contributed by atoms with van der Waals surface area (Å²) in [6.07, 6.45) is 1.72. The Hall–Kier alpha value is -3.53. The second-order valence-corrected chi connectivity index (χ2v) is 10.6. The minimum Gasteiger partial charge on any atom is -0.377 e. The van der Waals surface area contributed by atoms with E-state index in [1.54, 1.807) is 13.1 Å². The van der Waals surface area contributed by atoms with E-state index in [2.05, 4.69) is 15.3 Å². The largest absolute Gasteiger partial charge is 0.377 e. The average Bonchev–Trinajstić information content (AvgIpc) is 3.54. The van der Waals surface area contributed by atoms with Crippen LogP contribution in [0.2, 0.25) is 0 Å². The summed E-state index contributed by atoms with van der Waals surface area (Å²) >= 11 is 0. The number of nitrogens with one attached hydrogen (secondary N) is 2. The SMILES string of the molecule is CN(CC1CCCO1)S(=O)(=O)c1ccc(C(=O)Nc2ccccc2-c2nc3ccccc3[nH]2)cc1. The van der Waals surface area contributed by atoms with Crippen molar-refractivity contribution in [1.82, 2.24) is 14.3 Å². The molecule has 8 nitrogen and oxygen atoms in total. The number of ether oxygens (including phenoxy) is 1. The quantitative estimate of drug-likeness (QED) is 0.402. The number of anilines is 1. The summed E-state index contributed by atoms with van der Waals surface area (Å²) in [5, 5.41) is 2.92. The molecule has 0 bridgehead atoms. The Kier molecular flexibility index (Phi) is 6.38. The third-order valence-corrected chi connectivity index (χ3v) is 7.97. The molecular weight excluding hydrogens is 464 g/mol. The topological polar surface area (TPSA) is 104 Å². The first kappa shape index (κ1) is 23.2. The molecule has 1 saturated heterocycles. The molecule has 9 heteroatoms. The van der Waals surface area contributed by atoms with E-state index in [1.165, 1.54) is 28.6 Å². The molecule has 0 radical (unpaired) electrons. The highest BCUT2D eigenvalue weighted by molar-refractivity contribution is 7.89. The smallest absolute Gasteiger partial charge is 0.255 e. The van der Waals surface area contributed by atoms with Crippen LogP contribution in [-0.2, 0) is 14.8 Å². The summed E-state index contributed by atoms with van der Waals surface area (Å²) in [7, 11) is -2.13. The van der Waals surface area contributed by atoms with Gasteiger partial charge in [0.1, 0.15) is 5.82 Å². The predicted molar refractivity (Wildman–Crippen MR) is 135 cm³/mol. The fourth-order valence-electron chi connectivity index (χ4n) is 4.20. The van der Waals surface area contributed by atoms with E-state index in [0.29, 0.717) is 30.2 Å². The number of benzene rings is 3. The summed E-state index contributed by atoms with van der Waals surface area (Å²) in [6, 6.07) is 21.1. The van der Waals surface area contributed by atoms with E-state index in [0.717, 1.165) is 29.4 Å². The van der Waals surface area contributed by atoms with Crippen molar-refractivity contribution in [3.63, 3.8) is 0 Å².